The highest BCUT2D eigenvalue weighted by molar-refractivity contribution is 7.89. The maximum atomic E-state index is 13.1. The van der Waals surface area contributed by atoms with Crippen molar-refractivity contribution in [2.45, 2.75) is 50.0 Å². The number of fused-ring (bicyclic) bond motifs is 1. The average Bonchev–Trinajstić information content (AvgIpc) is 3.50. The van der Waals surface area contributed by atoms with Gasteiger partial charge in [-0.05, 0) is 68.1 Å². The first-order chi connectivity index (χ1) is 17.0. The van der Waals surface area contributed by atoms with Gasteiger partial charge in [0, 0.05) is 42.9 Å². The maximum absolute atomic E-state index is 13.1. The number of carbonyl (C=O) groups is 1. The van der Waals surface area contributed by atoms with E-state index in [1.807, 2.05) is 24.3 Å². The average molecular weight is 496 g/mol. The first kappa shape index (κ1) is 23.5. The third-order valence-corrected chi connectivity index (χ3v) is 8.54. The predicted molar refractivity (Wildman–Crippen MR) is 132 cm³/mol. The molecule has 3 aromatic rings. The molecule has 0 saturated carbocycles. The summed E-state index contributed by atoms with van der Waals surface area (Å²) in [6.07, 6.45) is 6.04. The van der Waals surface area contributed by atoms with E-state index in [4.69, 9.17) is 4.74 Å². The van der Waals surface area contributed by atoms with Crippen LogP contribution in [0.2, 0.25) is 0 Å². The number of rotatable bonds is 6. The molecule has 0 atom stereocenters. The number of anilines is 1. The van der Waals surface area contributed by atoms with Gasteiger partial charge in [-0.2, -0.15) is 4.31 Å². The van der Waals surface area contributed by atoms with Gasteiger partial charge in [-0.3, -0.25) is 4.79 Å². The summed E-state index contributed by atoms with van der Waals surface area (Å²) in [6, 6.07) is 11.9. The van der Waals surface area contributed by atoms with Crippen LogP contribution in [0, 0.1) is 0 Å². The molecule has 1 amide bonds. The molecule has 10 heteroatoms. The Balaban J connectivity index is 1.35. The molecule has 9 nitrogen and oxygen atoms in total. The molecule has 2 aliphatic rings. The molecule has 1 N–H and O–H groups in total. The van der Waals surface area contributed by atoms with Crippen molar-refractivity contribution in [2.75, 3.05) is 25.5 Å². The van der Waals surface area contributed by atoms with Gasteiger partial charge in [-0.15, -0.1) is 10.2 Å². The maximum Gasteiger partial charge on any atom is 0.255 e. The molecule has 3 heterocycles. The summed E-state index contributed by atoms with van der Waals surface area (Å²) in [7, 11) is -2.31. The van der Waals surface area contributed by atoms with Crippen LogP contribution in [0.5, 0.6) is 5.75 Å². The standard InChI is InChI=1S/C25H29N5O4S/c1-34-21-13-10-19(17-22(21)35(32,33)29-14-5-6-15-29)25(31)26-20-11-8-18(9-12-20)24-28-27-23-7-3-2-4-16-30(23)24/h8-13,17H,2-7,14-16H2,1H3,(H,26,31). The first-order valence-corrected chi connectivity index (χ1v) is 13.4. The van der Waals surface area contributed by atoms with Gasteiger partial charge >= 0.3 is 0 Å². The number of methoxy groups -OCH3 is 1. The van der Waals surface area contributed by atoms with Gasteiger partial charge in [0.25, 0.3) is 5.91 Å². The summed E-state index contributed by atoms with van der Waals surface area (Å²) >= 11 is 0. The first-order valence-electron chi connectivity index (χ1n) is 12.0. The molecule has 0 unspecified atom stereocenters. The Morgan fingerprint density at radius 1 is 0.943 bits per heavy atom. The van der Waals surface area contributed by atoms with Crippen molar-refractivity contribution >= 4 is 21.6 Å². The minimum Gasteiger partial charge on any atom is -0.495 e. The Hall–Kier alpha value is -3.24. The van der Waals surface area contributed by atoms with Crippen molar-refractivity contribution in [1.29, 1.82) is 0 Å². The molecule has 0 aliphatic carbocycles. The molecule has 1 saturated heterocycles. The van der Waals surface area contributed by atoms with Crippen molar-refractivity contribution in [3.05, 3.63) is 53.9 Å². The zero-order valence-corrected chi connectivity index (χ0v) is 20.6. The molecule has 1 aromatic heterocycles. The fourth-order valence-electron chi connectivity index (χ4n) is 4.69. The number of nitrogens with zero attached hydrogens (tertiary/aromatic N) is 4. The van der Waals surface area contributed by atoms with Crippen molar-refractivity contribution in [3.8, 4) is 17.1 Å². The van der Waals surface area contributed by atoms with Crippen LogP contribution >= 0.6 is 0 Å². The largest absolute Gasteiger partial charge is 0.495 e. The van der Waals surface area contributed by atoms with Crippen molar-refractivity contribution in [3.63, 3.8) is 0 Å². The van der Waals surface area contributed by atoms with E-state index in [0.29, 0.717) is 18.8 Å². The van der Waals surface area contributed by atoms with Gasteiger partial charge in [0.1, 0.15) is 16.5 Å². The van der Waals surface area contributed by atoms with E-state index >= 15 is 0 Å². The lowest BCUT2D eigenvalue weighted by Gasteiger charge is -2.18. The zero-order chi connectivity index (χ0) is 24.4. The number of hydrogen-bond donors (Lipinski definition) is 1. The number of amides is 1. The predicted octanol–water partition coefficient (Wildman–Crippen LogP) is 3.72. The topological polar surface area (TPSA) is 106 Å². The lowest BCUT2D eigenvalue weighted by Crippen LogP contribution is -2.28. The Labute approximate surface area is 205 Å². The van der Waals surface area contributed by atoms with E-state index in [1.165, 1.54) is 30.0 Å². The second-order valence-corrected chi connectivity index (χ2v) is 10.8. The number of benzene rings is 2. The van der Waals surface area contributed by atoms with E-state index in [1.54, 1.807) is 6.07 Å². The summed E-state index contributed by atoms with van der Waals surface area (Å²) in [5, 5.41) is 11.6. The fraction of sp³-hybridized carbons (Fsp3) is 0.400. The Kier molecular flexibility index (Phi) is 6.57. The Bertz CT molecular complexity index is 1330. The van der Waals surface area contributed by atoms with Crippen LogP contribution in [0.3, 0.4) is 0 Å². The number of sulfonamides is 1. The van der Waals surface area contributed by atoms with Crippen LogP contribution < -0.4 is 10.1 Å². The molecular weight excluding hydrogens is 466 g/mol. The molecule has 35 heavy (non-hydrogen) atoms. The van der Waals surface area contributed by atoms with Crippen LogP contribution in [-0.4, -0.2) is 53.6 Å². The van der Waals surface area contributed by atoms with Gasteiger partial charge in [0.15, 0.2) is 5.82 Å². The highest BCUT2D eigenvalue weighted by Gasteiger charge is 2.30. The highest BCUT2D eigenvalue weighted by atomic mass is 32.2. The lowest BCUT2D eigenvalue weighted by molar-refractivity contribution is 0.102. The summed E-state index contributed by atoms with van der Waals surface area (Å²) in [5.74, 6) is 1.70. The lowest BCUT2D eigenvalue weighted by atomic mass is 10.1. The van der Waals surface area contributed by atoms with Crippen LogP contribution in [-0.2, 0) is 23.0 Å². The second kappa shape index (κ2) is 9.79. The third kappa shape index (κ3) is 4.68. The number of aryl methyl sites for hydroxylation is 1. The molecule has 0 bridgehead atoms. The molecule has 1 fully saturated rings. The second-order valence-electron chi connectivity index (χ2n) is 8.91. The van der Waals surface area contributed by atoms with E-state index in [-0.39, 0.29) is 16.2 Å². The summed E-state index contributed by atoms with van der Waals surface area (Å²) < 4.78 is 35.2. The number of ether oxygens (including phenoxy) is 1. The molecule has 184 valence electrons. The molecule has 0 spiro atoms. The number of aromatic nitrogens is 3. The summed E-state index contributed by atoms with van der Waals surface area (Å²) in [4.78, 5) is 13.0. The SMILES string of the molecule is COc1ccc(C(=O)Nc2ccc(-c3nnc4n3CCCCC4)cc2)cc1S(=O)(=O)N1CCCC1. The minimum atomic E-state index is -3.74. The van der Waals surface area contributed by atoms with Crippen LogP contribution in [0.4, 0.5) is 5.69 Å². The monoisotopic (exact) mass is 495 g/mol. The van der Waals surface area contributed by atoms with Gasteiger partial charge < -0.3 is 14.6 Å². The van der Waals surface area contributed by atoms with Gasteiger partial charge in [0.05, 0.1) is 7.11 Å². The van der Waals surface area contributed by atoms with Crippen molar-refractivity contribution < 1.29 is 17.9 Å². The van der Waals surface area contributed by atoms with Crippen LogP contribution in [0.15, 0.2) is 47.4 Å². The summed E-state index contributed by atoms with van der Waals surface area (Å²) in [5.41, 5.74) is 1.79. The van der Waals surface area contributed by atoms with Crippen molar-refractivity contribution in [1.82, 2.24) is 19.1 Å². The van der Waals surface area contributed by atoms with Gasteiger partial charge in [-0.1, -0.05) is 6.42 Å². The zero-order valence-electron chi connectivity index (χ0n) is 19.7. The van der Waals surface area contributed by atoms with Crippen LogP contribution in [0.25, 0.3) is 11.4 Å². The van der Waals surface area contributed by atoms with E-state index in [2.05, 4.69) is 20.1 Å². The van der Waals surface area contributed by atoms with Crippen molar-refractivity contribution in [2.24, 2.45) is 0 Å². The van der Waals surface area contributed by atoms with E-state index in [9.17, 15) is 13.2 Å². The Morgan fingerprint density at radius 2 is 1.69 bits per heavy atom. The van der Waals surface area contributed by atoms with E-state index < -0.39 is 15.9 Å². The normalized spacial score (nSPS) is 16.5. The summed E-state index contributed by atoms with van der Waals surface area (Å²) in [6.45, 7) is 1.86. The third-order valence-electron chi connectivity index (χ3n) is 6.62. The minimum absolute atomic E-state index is 0.0115. The van der Waals surface area contributed by atoms with E-state index in [0.717, 1.165) is 55.9 Å². The number of hydrogen-bond acceptors (Lipinski definition) is 6. The fourth-order valence-corrected chi connectivity index (χ4v) is 6.39. The Morgan fingerprint density at radius 3 is 2.43 bits per heavy atom. The molecule has 2 aliphatic heterocycles. The quantitative estimate of drug-likeness (QED) is 0.559. The molecule has 2 aromatic carbocycles. The molecular formula is C25H29N5O4S. The molecule has 5 rings (SSSR count). The molecule has 0 radical (unpaired) electrons. The number of carbonyl (C=O) groups excluding carboxylic acids is 1. The van der Waals surface area contributed by atoms with Crippen LogP contribution in [0.1, 0.15) is 48.3 Å². The smallest absolute Gasteiger partial charge is 0.255 e. The van der Waals surface area contributed by atoms with Gasteiger partial charge in [0.2, 0.25) is 10.0 Å². The van der Waals surface area contributed by atoms with Gasteiger partial charge in [-0.25, -0.2) is 8.42 Å². The number of nitrogens with one attached hydrogen (secondary N) is 1. The highest BCUT2D eigenvalue weighted by Crippen LogP contribution is 2.30.